The number of amides is 1. The van der Waals surface area contributed by atoms with Gasteiger partial charge in [-0.05, 0) is 49.1 Å². The topological polar surface area (TPSA) is 114 Å². The second-order valence-corrected chi connectivity index (χ2v) is 9.98. The number of aliphatic hydroxyl groups is 1. The maximum atomic E-state index is 13.5. The Bertz CT molecular complexity index is 1010. The minimum atomic E-state index is -4.11. The van der Waals surface area contributed by atoms with E-state index in [1.54, 1.807) is 12.1 Å². The molecule has 186 valence electrons. The first-order chi connectivity index (χ1) is 16.3. The van der Waals surface area contributed by atoms with Gasteiger partial charge in [-0.2, -0.15) is 0 Å². The molecule has 2 aromatic carbocycles. The van der Waals surface area contributed by atoms with E-state index in [-0.39, 0.29) is 23.5 Å². The maximum absolute atomic E-state index is 13.5. The van der Waals surface area contributed by atoms with Crippen molar-refractivity contribution < 1.29 is 32.6 Å². The molecule has 2 aromatic rings. The average Bonchev–Trinajstić information content (AvgIpc) is 2.84. The van der Waals surface area contributed by atoms with E-state index in [9.17, 15) is 18.3 Å². The van der Waals surface area contributed by atoms with Gasteiger partial charge in [0.1, 0.15) is 5.75 Å². The Morgan fingerprint density at radius 3 is 2.38 bits per heavy atom. The molecule has 0 aliphatic carbocycles. The number of ether oxygens (including phenoxy) is 2. The van der Waals surface area contributed by atoms with Crippen LogP contribution in [0.25, 0.3) is 0 Å². The normalized spacial score (nSPS) is 16.7. The molecule has 0 radical (unpaired) electrons. The van der Waals surface area contributed by atoms with Crippen LogP contribution >= 0.6 is 0 Å². The summed E-state index contributed by atoms with van der Waals surface area (Å²) in [6.45, 7) is 1.93. The summed E-state index contributed by atoms with van der Waals surface area (Å²) in [6, 6.07) is 14.6. The van der Waals surface area contributed by atoms with E-state index >= 15 is 0 Å². The molecule has 2 N–H and O–H groups in total. The van der Waals surface area contributed by atoms with Crippen LogP contribution in [-0.4, -0.2) is 69.0 Å². The fraction of sp³-hybridized carbons (Fsp3) is 0.458. The van der Waals surface area contributed by atoms with Crippen LogP contribution in [0.4, 0.5) is 0 Å². The van der Waals surface area contributed by atoms with Gasteiger partial charge in [0.05, 0.1) is 36.8 Å². The van der Waals surface area contributed by atoms with Crippen LogP contribution in [0.3, 0.4) is 0 Å². The van der Waals surface area contributed by atoms with Crippen LogP contribution in [0.1, 0.15) is 25.3 Å². The summed E-state index contributed by atoms with van der Waals surface area (Å²) < 4.78 is 38.3. The van der Waals surface area contributed by atoms with E-state index in [1.165, 1.54) is 26.2 Å². The van der Waals surface area contributed by atoms with Crippen molar-refractivity contribution in [2.75, 3.05) is 26.9 Å². The maximum Gasteiger partial charge on any atom is 0.265 e. The fourth-order valence-electron chi connectivity index (χ4n) is 3.70. The zero-order chi connectivity index (χ0) is 24.6. The van der Waals surface area contributed by atoms with E-state index in [0.29, 0.717) is 38.2 Å². The van der Waals surface area contributed by atoms with Crippen molar-refractivity contribution in [3.05, 3.63) is 60.2 Å². The van der Waals surface area contributed by atoms with Gasteiger partial charge in [-0.15, -0.1) is 0 Å². The Morgan fingerprint density at radius 2 is 1.79 bits per heavy atom. The Hall–Kier alpha value is -2.50. The van der Waals surface area contributed by atoms with Crippen LogP contribution in [-0.2, 0) is 30.8 Å². The third-order valence-electron chi connectivity index (χ3n) is 5.55. The largest absolute Gasteiger partial charge is 0.497 e. The van der Waals surface area contributed by atoms with Crippen LogP contribution in [0.2, 0.25) is 0 Å². The fourth-order valence-corrected chi connectivity index (χ4v) is 5.00. The number of benzene rings is 2. The molecule has 9 nitrogen and oxygen atoms in total. The number of nitrogens with one attached hydrogen (secondary N) is 1. The van der Waals surface area contributed by atoms with Crippen LogP contribution in [0, 0.1) is 0 Å². The molecule has 1 fully saturated rings. The van der Waals surface area contributed by atoms with Gasteiger partial charge >= 0.3 is 0 Å². The number of hydrogen-bond donors (Lipinski definition) is 2. The zero-order valence-corrected chi connectivity index (χ0v) is 20.2. The molecule has 0 aromatic heterocycles. The monoisotopic (exact) mass is 492 g/mol. The molecule has 1 heterocycles. The predicted molar refractivity (Wildman–Crippen MR) is 126 cm³/mol. The lowest BCUT2D eigenvalue weighted by atomic mass is 10.0. The Kier molecular flexibility index (Phi) is 9.43. The van der Waals surface area contributed by atoms with Gasteiger partial charge in [-0.3, -0.25) is 9.63 Å². The lowest BCUT2D eigenvalue weighted by Crippen LogP contribution is -2.51. The average molecular weight is 493 g/mol. The molecule has 1 saturated heterocycles. The number of nitrogens with zero attached hydrogens (tertiary/aromatic N) is 1. The van der Waals surface area contributed by atoms with Crippen molar-refractivity contribution in [3.8, 4) is 5.75 Å². The molecule has 2 unspecified atom stereocenters. The van der Waals surface area contributed by atoms with Crippen molar-refractivity contribution in [2.45, 2.75) is 49.3 Å². The molecular formula is C24H32N2O7S. The molecule has 0 bridgehead atoms. The predicted octanol–water partition coefficient (Wildman–Crippen LogP) is 1.90. The smallest absolute Gasteiger partial charge is 0.265 e. The van der Waals surface area contributed by atoms with E-state index in [2.05, 4.69) is 5.32 Å². The second-order valence-electron chi connectivity index (χ2n) is 8.15. The molecular weight excluding hydrogens is 460 g/mol. The Balaban J connectivity index is 1.85. The highest BCUT2D eigenvalue weighted by Crippen LogP contribution is 2.23. The lowest BCUT2D eigenvalue weighted by Gasteiger charge is -2.32. The molecule has 0 saturated carbocycles. The minimum absolute atomic E-state index is 0.00620. The standard InChI is InChI=1S/C24H32N2O7S/c1-18(27)25-23(16-19-6-4-3-5-7-19)24(28)17-26(33-21-12-14-32-15-13-21)34(29,30)22-10-8-20(31-2)9-11-22/h3-11,21,23-24,28H,12-17H2,1-2H3,(H,25,27). The van der Waals surface area contributed by atoms with E-state index in [4.69, 9.17) is 14.3 Å². The number of sulfonamides is 1. The highest BCUT2D eigenvalue weighted by atomic mass is 32.2. The van der Waals surface area contributed by atoms with E-state index in [1.807, 2.05) is 30.3 Å². The van der Waals surface area contributed by atoms with Gasteiger partial charge in [0.15, 0.2) is 0 Å². The van der Waals surface area contributed by atoms with Crippen LogP contribution in [0.15, 0.2) is 59.5 Å². The molecule has 1 aliphatic heterocycles. The first kappa shape index (κ1) is 26.1. The molecule has 0 spiro atoms. The summed E-state index contributed by atoms with van der Waals surface area (Å²) in [6.07, 6.45) is -0.206. The van der Waals surface area contributed by atoms with E-state index in [0.717, 1.165) is 10.0 Å². The van der Waals surface area contributed by atoms with Crippen molar-refractivity contribution in [1.82, 2.24) is 9.79 Å². The minimum Gasteiger partial charge on any atom is -0.497 e. The Labute approximate surface area is 200 Å². The third-order valence-corrected chi connectivity index (χ3v) is 7.19. The zero-order valence-electron chi connectivity index (χ0n) is 19.4. The number of carbonyl (C=O) groups is 1. The summed E-state index contributed by atoms with van der Waals surface area (Å²) in [5.41, 5.74) is 0.898. The number of hydrogen-bond acceptors (Lipinski definition) is 7. The van der Waals surface area contributed by atoms with Gasteiger partial charge in [-0.25, -0.2) is 8.42 Å². The second kappa shape index (κ2) is 12.3. The van der Waals surface area contributed by atoms with E-state index < -0.39 is 22.2 Å². The quantitative estimate of drug-likeness (QED) is 0.461. The highest BCUT2D eigenvalue weighted by molar-refractivity contribution is 7.89. The van der Waals surface area contributed by atoms with Gasteiger partial charge < -0.3 is 19.9 Å². The molecule has 1 aliphatic rings. The number of carbonyl (C=O) groups excluding carboxylic acids is 1. The highest BCUT2D eigenvalue weighted by Gasteiger charge is 2.34. The van der Waals surface area contributed by atoms with Crippen molar-refractivity contribution in [1.29, 1.82) is 0 Å². The first-order valence-electron chi connectivity index (χ1n) is 11.2. The number of methoxy groups -OCH3 is 1. The number of aliphatic hydroxyl groups excluding tert-OH is 1. The van der Waals surface area contributed by atoms with Crippen LogP contribution in [0.5, 0.6) is 5.75 Å². The summed E-state index contributed by atoms with van der Waals surface area (Å²) in [7, 11) is -2.62. The first-order valence-corrected chi connectivity index (χ1v) is 12.6. The van der Waals surface area contributed by atoms with Gasteiger partial charge in [-0.1, -0.05) is 34.8 Å². The lowest BCUT2D eigenvalue weighted by molar-refractivity contribution is -0.170. The molecule has 2 atom stereocenters. The van der Waals surface area contributed by atoms with Crippen molar-refractivity contribution in [2.24, 2.45) is 0 Å². The third kappa shape index (κ3) is 7.25. The van der Waals surface area contributed by atoms with Gasteiger partial charge in [0, 0.05) is 20.1 Å². The summed E-state index contributed by atoms with van der Waals surface area (Å²) in [5, 5.41) is 13.8. The molecule has 3 rings (SSSR count). The summed E-state index contributed by atoms with van der Waals surface area (Å²) in [5.74, 6) is 0.194. The number of hydroxylamine groups is 1. The van der Waals surface area contributed by atoms with Crippen molar-refractivity contribution >= 4 is 15.9 Å². The Morgan fingerprint density at radius 1 is 1.15 bits per heavy atom. The van der Waals surface area contributed by atoms with Crippen LogP contribution < -0.4 is 10.1 Å². The number of rotatable bonds is 11. The summed E-state index contributed by atoms with van der Waals surface area (Å²) >= 11 is 0. The molecule has 10 heteroatoms. The van der Waals surface area contributed by atoms with Gasteiger partial charge in [0.25, 0.3) is 10.0 Å². The summed E-state index contributed by atoms with van der Waals surface area (Å²) in [4.78, 5) is 17.7. The van der Waals surface area contributed by atoms with Crippen molar-refractivity contribution in [3.63, 3.8) is 0 Å². The SMILES string of the molecule is COc1ccc(S(=O)(=O)N(CC(O)C(Cc2ccccc2)NC(C)=O)OC2CCOCC2)cc1. The van der Waals surface area contributed by atoms with Gasteiger partial charge in [0.2, 0.25) is 5.91 Å². The molecule has 34 heavy (non-hydrogen) atoms. The molecule has 1 amide bonds.